The number of aldehydes is 1. The molecule has 0 heterocycles. The second-order valence-corrected chi connectivity index (χ2v) is 5.45. The van der Waals surface area contributed by atoms with Crippen molar-refractivity contribution in [2.45, 2.75) is 0 Å². The highest BCUT2D eigenvalue weighted by atomic mass is 32.1. The molecule has 0 saturated carbocycles. The Bertz CT molecular complexity index is 937. The van der Waals surface area contributed by atoms with E-state index in [2.05, 4.69) is 10.5 Å². The molecule has 0 atom stereocenters. The summed E-state index contributed by atoms with van der Waals surface area (Å²) in [7, 11) is 0. The first-order valence-corrected chi connectivity index (χ1v) is 7.18. The number of hydrogen-bond acceptors (Lipinski definition) is 6. The molecule has 2 aromatic carbocycles. The van der Waals surface area contributed by atoms with Crippen LogP contribution in [0.5, 0.6) is 11.5 Å². The standard InChI is InChI=1S/C16H11N3O4S/c17-16(24)19-18-13-8-3-1-2-4-9(8)15(23)11-10(21)5-7(6-20)14(22)12(11)13/h1-6,21-22H,(H3,17,19,24). The fourth-order valence-corrected chi connectivity index (χ4v) is 2.66. The summed E-state index contributed by atoms with van der Waals surface area (Å²) in [6.45, 7) is 0. The van der Waals surface area contributed by atoms with Crippen LogP contribution in [0.25, 0.3) is 0 Å². The van der Waals surface area contributed by atoms with Crippen molar-refractivity contribution in [3.8, 4) is 11.5 Å². The average molecular weight is 341 g/mol. The Morgan fingerprint density at radius 3 is 2.50 bits per heavy atom. The molecule has 0 fully saturated rings. The van der Waals surface area contributed by atoms with Gasteiger partial charge in [0.1, 0.15) is 17.2 Å². The number of phenols is 2. The van der Waals surface area contributed by atoms with Gasteiger partial charge in [-0.1, -0.05) is 24.3 Å². The second kappa shape index (κ2) is 5.74. The Hall–Kier alpha value is -3.26. The normalized spacial score (nSPS) is 14.0. The summed E-state index contributed by atoms with van der Waals surface area (Å²) in [5, 5.41) is 24.5. The zero-order valence-corrected chi connectivity index (χ0v) is 12.9. The molecule has 0 bridgehead atoms. The lowest BCUT2D eigenvalue weighted by Gasteiger charge is -2.22. The summed E-state index contributed by atoms with van der Waals surface area (Å²) < 4.78 is 0. The maximum Gasteiger partial charge on any atom is 0.198 e. The van der Waals surface area contributed by atoms with Crippen LogP contribution in [0.1, 0.15) is 37.4 Å². The first kappa shape index (κ1) is 15.6. The van der Waals surface area contributed by atoms with Crippen molar-refractivity contribution in [3.05, 3.63) is 58.1 Å². The van der Waals surface area contributed by atoms with E-state index in [1.165, 1.54) is 0 Å². The number of rotatable bonds is 2. The van der Waals surface area contributed by atoms with Gasteiger partial charge in [-0.15, -0.1) is 0 Å². The van der Waals surface area contributed by atoms with Crippen LogP contribution in [0.3, 0.4) is 0 Å². The SMILES string of the molecule is NC(=S)NN=C1c2ccccc2C(=O)c2c(O)cc(C=O)c(O)c21. The molecular weight excluding hydrogens is 330 g/mol. The molecule has 1 aliphatic rings. The lowest BCUT2D eigenvalue weighted by atomic mass is 9.81. The van der Waals surface area contributed by atoms with E-state index in [1.54, 1.807) is 24.3 Å². The predicted molar refractivity (Wildman–Crippen MR) is 90.6 cm³/mol. The molecule has 2 aromatic rings. The van der Waals surface area contributed by atoms with Crippen molar-refractivity contribution in [2.75, 3.05) is 0 Å². The number of ketones is 1. The molecule has 24 heavy (non-hydrogen) atoms. The van der Waals surface area contributed by atoms with Gasteiger partial charge in [0.05, 0.1) is 16.7 Å². The fourth-order valence-electron chi connectivity index (χ4n) is 2.61. The minimum Gasteiger partial charge on any atom is -0.507 e. The minimum absolute atomic E-state index is 0.0513. The number of fused-ring (bicyclic) bond motifs is 2. The average Bonchev–Trinajstić information content (AvgIpc) is 2.57. The number of nitrogens with one attached hydrogen (secondary N) is 1. The number of benzene rings is 2. The molecule has 0 spiro atoms. The van der Waals surface area contributed by atoms with Crippen LogP contribution in [-0.4, -0.2) is 33.1 Å². The molecule has 0 amide bonds. The zero-order chi connectivity index (χ0) is 17.4. The van der Waals surface area contributed by atoms with Crippen LogP contribution < -0.4 is 11.2 Å². The summed E-state index contributed by atoms with van der Waals surface area (Å²) >= 11 is 4.72. The van der Waals surface area contributed by atoms with Gasteiger partial charge in [0.2, 0.25) is 0 Å². The minimum atomic E-state index is -0.486. The quantitative estimate of drug-likeness (QED) is 0.237. The second-order valence-electron chi connectivity index (χ2n) is 5.01. The van der Waals surface area contributed by atoms with Gasteiger partial charge in [0, 0.05) is 11.1 Å². The molecule has 5 N–H and O–H groups in total. The van der Waals surface area contributed by atoms with Crippen molar-refractivity contribution in [3.63, 3.8) is 0 Å². The van der Waals surface area contributed by atoms with Gasteiger partial charge < -0.3 is 15.9 Å². The first-order chi connectivity index (χ1) is 11.5. The van der Waals surface area contributed by atoms with Crippen LogP contribution in [-0.2, 0) is 0 Å². The third-order valence-electron chi connectivity index (χ3n) is 3.60. The molecule has 0 aliphatic heterocycles. The van der Waals surface area contributed by atoms with Gasteiger partial charge in [-0.05, 0) is 18.3 Å². The van der Waals surface area contributed by atoms with Crippen LogP contribution in [0.4, 0.5) is 0 Å². The molecule has 0 saturated heterocycles. The van der Waals surface area contributed by atoms with E-state index in [-0.39, 0.29) is 27.5 Å². The molecule has 0 radical (unpaired) electrons. The summed E-state index contributed by atoms with van der Waals surface area (Å²) in [4.78, 5) is 23.8. The molecular formula is C16H11N3O4S. The van der Waals surface area contributed by atoms with Crippen molar-refractivity contribution in [1.29, 1.82) is 0 Å². The van der Waals surface area contributed by atoms with E-state index in [0.717, 1.165) is 6.07 Å². The highest BCUT2D eigenvalue weighted by Gasteiger charge is 2.34. The van der Waals surface area contributed by atoms with Gasteiger partial charge >= 0.3 is 0 Å². The molecule has 7 nitrogen and oxygen atoms in total. The summed E-state index contributed by atoms with van der Waals surface area (Å²) in [6.07, 6.45) is 0.374. The van der Waals surface area contributed by atoms with Crippen molar-refractivity contribution >= 4 is 35.1 Å². The molecule has 3 rings (SSSR count). The number of carbonyl (C=O) groups is 2. The Morgan fingerprint density at radius 2 is 1.88 bits per heavy atom. The van der Waals surface area contributed by atoms with Crippen LogP contribution in [0.15, 0.2) is 35.4 Å². The number of hydrogen-bond donors (Lipinski definition) is 4. The number of nitrogens with two attached hydrogens (primary N) is 1. The monoisotopic (exact) mass is 341 g/mol. The lowest BCUT2D eigenvalue weighted by Crippen LogP contribution is -2.29. The number of nitrogens with zero attached hydrogens (tertiary/aromatic N) is 1. The summed E-state index contributed by atoms with van der Waals surface area (Å²) in [6, 6.07) is 7.58. The molecule has 0 aromatic heterocycles. The third kappa shape index (κ3) is 2.29. The Morgan fingerprint density at radius 1 is 1.21 bits per heavy atom. The van der Waals surface area contributed by atoms with Crippen LogP contribution in [0.2, 0.25) is 0 Å². The van der Waals surface area contributed by atoms with E-state index < -0.39 is 17.3 Å². The van der Waals surface area contributed by atoms with E-state index >= 15 is 0 Å². The topological polar surface area (TPSA) is 125 Å². The highest BCUT2D eigenvalue weighted by Crippen LogP contribution is 2.39. The van der Waals surface area contributed by atoms with Crippen molar-refractivity contribution in [1.82, 2.24) is 5.43 Å². The third-order valence-corrected chi connectivity index (χ3v) is 3.70. The summed E-state index contributed by atoms with van der Waals surface area (Å²) in [5.41, 5.74) is 8.27. The number of hydrazone groups is 1. The predicted octanol–water partition coefficient (Wildman–Crippen LogP) is 1.04. The molecule has 0 unspecified atom stereocenters. The summed E-state index contributed by atoms with van der Waals surface area (Å²) in [5.74, 6) is -1.36. The van der Waals surface area contributed by atoms with Crippen molar-refractivity contribution < 1.29 is 19.8 Å². The number of aromatic hydroxyl groups is 2. The van der Waals surface area contributed by atoms with E-state index in [1.807, 2.05) is 0 Å². The fraction of sp³-hybridized carbons (Fsp3) is 0. The number of phenolic OH excluding ortho intramolecular Hbond substituents is 2. The first-order valence-electron chi connectivity index (χ1n) is 6.77. The Labute approximate surface area is 141 Å². The van der Waals surface area contributed by atoms with Gasteiger partial charge in [0.25, 0.3) is 0 Å². The smallest absolute Gasteiger partial charge is 0.198 e. The number of thiocarbonyl (C=S) groups is 1. The van der Waals surface area contributed by atoms with Crippen LogP contribution in [0, 0.1) is 0 Å². The number of carbonyl (C=O) groups excluding carboxylic acids is 2. The van der Waals surface area contributed by atoms with Gasteiger partial charge in [-0.25, -0.2) is 0 Å². The molecule has 1 aliphatic carbocycles. The van der Waals surface area contributed by atoms with Crippen LogP contribution >= 0.6 is 12.2 Å². The largest absolute Gasteiger partial charge is 0.507 e. The maximum absolute atomic E-state index is 12.7. The van der Waals surface area contributed by atoms with Gasteiger partial charge in [-0.2, -0.15) is 5.10 Å². The molecule has 8 heteroatoms. The van der Waals surface area contributed by atoms with Gasteiger partial charge in [0.15, 0.2) is 17.2 Å². The molecule has 120 valence electrons. The van der Waals surface area contributed by atoms with Crippen molar-refractivity contribution in [2.24, 2.45) is 10.8 Å². The van der Waals surface area contributed by atoms with E-state index in [0.29, 0.717) is 17.4 Å². The Kier molecular flexibility index (Phi) is 3.74. The zero-order valence-electron chi connectivity index (χ0n) is 12.1. The highest BCUT2D eigenvalue weighted by molar-refractivity contribution is 7.80. The lowest BCUT2D eigenvalue weighted by molar-refractivity contribution is 0.103. The van der Waals surface area contributed by atoms with E-state index in [9.17, 15) is 19.8 Å². The van der Waals surface area contributed by atoms with Gasteiger partial charge in [-0.3, -0.25) is 15.0 Å². The Balaban J connectivity index is 2.40. The maximum atomic E-state index is 12.7. The van der Waals surface area contributed by atoms with E-state index in [4.69, 9.17) is 18.0 Å².